The van der Waals surface area contributed by atoms with Gasteiger partial charge in [-0.05, 0) is 17.5 Å². The number of hydrogen-bond acceptors (Lipinski definition) is 5. The maximum absolute atomic E-state index is 12.2. The van der Waals surface area contributed by atoms with Crippen molar-refractivity contribution in [3.8, 4) is 0 Å². The van der Waals surface area contributed by atoms with E-state index in [0.717, 1.165) is 15.5 Å². The molecule has 19 heavy (non-hydrogen) atoms. The molecule has 0 aliphatic rings. The van der Waals surface area contributed by atoms with Crippen molar-refractivity contribution >= 4 is 54.2 Å². The molecule has 4 rings (SSSR count). The highest BCUT2D eigenvalue weighted by Gasteiger charge is 2.14. The van der Waals surface area contributed by atoms with E-state index in [9.17, 15) is 4.79 Å². The van der Waals surface area contributed by atoms with E-state index in [4.69, 9.17) is 0 Å². The predicted molar refractivity (Wildman–Crippen MR) is 80.8 cm³/mol. The van der Waals surface area contributed by atoms with E-state index in [2.05, 4.69) is 16.4 Å². The molecule has 0 radical (unpaired) electrons. The molecule has 0 N–H and O–H groups in total. The molecule has 4 aromatic heterocycles. The largest absolute Gasteiger partial charge is 0.297 e. The average Bonchev–Trinajstić information content (AvgIpc) is 3.05. The maximum Gasteiger partial charge on any atom is 0.193 e. The standard InChI is InChI=1S/C13H8N2OS3/c16-9(11-6-12-10(19-11)1-3-17-12)5-8-7-15-2-4-18-13(15)14-8/h1-4,6-7H,5H2. The minimum Gasteiger partial charge on any atom is -0.297 e. The van der Waals surface area contributed by atoms with Crippen LogP contribution in [0.5, 0.6) is 0 Å². The minimum atomic E-state index is 0.152. The van der Waals surface area contributed by atoms with Gasteiger partial charge in [-0.25, -0.2) is 4.98 Å². The Labute approximate surface area is 120 Å². The molecule has 0 aliphatic heterocycles. The first-order chi connectivity index (χ1) is 9.29. The molecule has 3 nitrogen and oxygen atoms in total. The van der Waals surface area contributed by atoms with Crippen LogP contribution in [0.15, 0.2) is 35.3 Å². The molecule has 4 heterocycles. The summed E-state index contributed by atoms with van der Waals surface area (Å²) < 4.78 is 4.35. The van der Waals surface area contributed by atoms with Crippen molar-refractivity contribution in [3.05, 3.63) is 45.9 Å². The normalized spacial score (nSPS) is 11.6. The second-order valence-electron chi connectivity index (χ2n) is 4.18. The fourth-order valence-corrected chi connectivity index (χ4v) is 4.78. The first-order valence-electron chi connectivity index (χ1n) is 5.71. The summed E-state index contributed by atoms with van der Waals surface area (Å²) >= 11 is 4.83. The highest BCUT2D eigenvalue weighted by molar-refractivity contribution is 7.27. The van der Waals surface area contributed by atoms with E-state index in [1.165, 1.54) is 9.40 Å². The number of rotatable bonds is 3. The zero-order valence-electron chi connectivity index (χ0n) is 9.70. The van der Waals surface area contributed by atoms with Crippen LogP contribution in [-0.4, -0.2) is 15.2 Å². The molecule has 0 aromatic carbocycles. The summed E-state index contributed by atoms with van der Waals surface area (Å²) in [5.74, 6) is 0.152. The van der Waals surface area contributed by atoms with Crippen molar-refractivity contribution in [2.24, 2.45) is 0 Å². The van der Waals surface area contributed by atoms with Crippen LogP contribution < -0.4 is 0 Å². The molecule has 0 fully saturated rings. The quantitative estimate of drug-likeness (QED) is 0.534. The number of fused-ring (bicyclic) bond motifs is 2. The van der Waals surface area contributed by atoms with Gasteiger partial charge in [-0.2, -0.15) is 0 Å². The van der Waals surface area contributed by atoms with E-state index in [0.29, 0.717) is 6.42 Å². The van der Waals surface area contributed by atoms with Crippen LogP contribution in [0.3, 0.4) is 0 Å². The van der Waals surface area contributed by atoms with Crippen LogP contribution >= 0.6 is 34.0 Å². The fraction of sp³-hybridized carbons (Fsp3) is 0.0769. The Hall–Kier alpha value is -1.50. The van der Waals surface area contributed by atoms with Gasteiger partial charge in [0.1, 0.15) is 0 Å². The number of Topliss-reactive ketones (excluding diaryl/α,β-unsaturated/α-hetero) is 1. The summed E-state index contributed by atoms with van der Waals surface area (Å²) in [5.41, 5.74) is 0.841. The van der Waals surface area contributed by atoms with Crippen molar-refractivity contribution < 1.29 is 4.79 Å². The molecule has 4 aromatic rings. The van der Waals surface area contributed by atoms with Gasteiger partial charge in [0.25, 0.3) is 0 Å². The third kappa shape index (κ3) is 1.92. The minimum absolute atomic E-state index is 0.152. The molecule has 0 spiro atoms. The number of aromatic nitrogens is 2. The third-order valence-corrected chi connectivity index (χ3v) is 5.80. The lowest BCUT2D eigenvalue weighted by atomic mass is 10.2. The Morgan fingerprint density at radius 1 is 1.26 bits per heavy atom. The van der Waals surface area contributed by atoms with Crippen molar-refractivity contribution in [2.45, 2.75) is 6.42 Å². The van der Waals surface area contributed by atoms with Crippen molar-refractivity contribution in [1.29, 1.82) is 0 Å². The van der Waals surface area contributed by atoms with Gasteiger partial charge in [0, 0.05) is 27.2 Å². The number of ketones is 1. The molecular weight excluding hydrogens is 296 g/mol. The van der Waals surface area contributed by atoms with Crippen LogP contribution in [0.2, 0.25) is 0 Å². The van der Waals surface area contributed by atoms with Crippen molar-refractivity contribution in [2.75, 3.05) is 0 Å². The van der Waals surface area contributed by atoms with Gasteiger partial charge in [0.15, 0.2) is 10.7 Å². The zero-order valence-corrected chi connectivity index (χ0v) is 12.1. The molecule has 6 heteroatoms. The van der Waals surface area contributed by atoms with Crippen LogP contribution in [0, 0.1) is 0 Å². The number of carbonyl (C=O) groups excluding carboxylic acids is 1. The summed E-state index contributed by atoms with van der Waals surface area (Å²) in [7, 11) is 0. The van der Waals surface area contributed by atoms with Gasteiger partial charge in [-0.1, -0.05) is 0 Å². The summed E-state index contributed by atoms with van der Waals surface area (Å²) in [6, 6.07) is 4.06. The zero-order chi connectivity index (χ0) is 12.8. The van der Waals surface area contributed by atoms with E-state index < -0.39 is 0 Å². The molecular formula is C13H8N2OS3. The highest BCUT2D eigenvalue weighted by atomic mass is 32.1. The lowest BCUT2D eigenvalue weighted by Gasteiger charge is -1.93. The second-order valence-corrected chi connectivity index (χ2v) is 7.09. The van der Waals surface area contributed by atoms with E-state index >= 15 is 0 Å². The van der Waals surface area contributed by atoms with E-state index in [-0.39, 0.29) is 5.78 Å². The predicted octanol–water partition coefficient (Wildman–Crippen LogP) is 4.10. The maximum atomic E-state index is 12.2. The highest BCUT2D eigenvalue weighted by Crippen LogP contribution is 2.30. The van der Waals surface area contributed by atoms with E-state index in [1.807, 2.05) is 28.2 Å². The molecule has 0 saturated carbocycles. The Morgan fingerprint density at radius 2 is 2.21 bits per heavy atom. The number of thiophene rings is 2. The molecule has 0 saturated heterocycles. The Balaban J connectivity index is 1.63. The van der Waals surface area contributed by atoms with Gasteiger partial charge in [-0.15, -0.1) is 34.0 Å². The van der Waals surface area contributed by atoms with Crippen LogP contribution in [0.1, 0.15) is 15.4 Å². The molecule has 0 amide bonds. The average molecular weight is 304 g/mol. The van der Waals surface area contributed by atoms with Crippen molar-refractivity contribution in [1.82, 2.24) is 9.38 Å². The van der Waals surface area contributed by atoms with Crippen LogP contribution in [0.4, 0.5) is 0 Å². The number of carbonyl (C=O) groups is 1. The molecule has 0 atom stereocenters. The molecule has 0 bridgehead atoms. The monoisotopic (exact) mass is 304 g/mol. The first kappa shape index (κ1) is 11.3. The van der Waals surface area contributed by atoms with Gasteiger partial charge in [0.05, 0.1) is 17.0 Å². The topological polar surface area (TPSA) is 34.4 Å². The van der Waals surface area contributed by atoms with Gasteiger partial charge in [0.2, 0.25) is 0 Å². The summed E-state index contributed by atoms with van der Waals surface area (Å²) in [4.78, 5) is 18.5. The number of imidazole rings is 1. The molecule has 94 valence electrons. The lowest BCUT2D eigenvalue weighted by Crippen LogP contribution is -2.01. The van der Waals surface area contributed by atoms with Gasteiger partial charge >= 0.3 is 0 Å². The van der Waals surface area contributed by atoms with Gasteiger partial charge in [-0.3, -0.25) is 9.20 Å². The number of nitrogens with zero attached hydrogens (tertiary/aromatic N) is 2. The Kier molecular flexibility index (Phi) is 2.54. The number of thiazole rings is 1. The SMILES string of the molecule is O=C(Cc1cn2ccsc2n1)c1cc2sccc2s1. The number of hydrogen-bond donors (Lipinski definition) is 0. The summed E-state index contributed by atoms with van der Waals surface area (Å²) in [5, 5.41) is 4.04. The van der Waals surface area contributed by atoms with Gasteiger partial charge < -0.3 is 0 Å². The van der Waals surface area contributed by atoms with Crippen molar-refractivity contribution in [3.63, 3.8) is 0 Å². The smallest absolute Gasteiger partial charge is 0.193 e. The fourth-order valence-electron chi connectivity index (χ4n) is 2.02. The summed E-state index contributed by atoms with van der Waals surface area (Å²) in [6.45, 7) is 0. The third-order valence-electron chi connectivity index (χ3n) is 2.90. The first-order valence-corrected chi connectivity index (χ1v) is 8.28. The Bertz CT molecular complexity index is 823. The van der Waals surface area contributed by atoms with Crippen LogP contribution in [-0.2, 0) is 6.42 Å². The molecule has 0 aliphatic carbocycles. The second kappa shape index (κ2) is 4.26. The molecule has 0 unspecified atom stereocenters. The lowest BCUT2D eigenvalue weighted by molar-refractivity contribution is 0.0996. The Morgan fingerprint density at radius 3 is 3.05 bits per heavy atom. The summed E-state index contributed by atoms with van der Waals surface area (Å²) in [6.07, 6.45) is 4.27. The van der Waals surface area contributed by atoms with E-state index in [1.54, 1.807) is 34.0 Å². The van der Waals surface area contributed by atoms with Crippen LogP contribution in [0.25, 0.3) is 14.4 Å².